The zero-order valence-corrected chi connectivity index (χ0v) is 38.8. The summed E-state index contributed by atoms with van der Waals surface area (Å²) < 4.78 is 134. The van der Waals surface area contributed by atoms with E-state index in [1.54, 1.807) is 12.1 Å². The van der Waals surface area contributed by atoms with E-state index in [1.165, 1.54) is 42.5 Å². The van der Waals surface area contributed by atoms with Crippen LogP contribution in [0.15, 0.2) is 163 Å². The van der Waals surface area contributed by atoms with Crippen LogP contribution in [0.1, 0.15) is 0 Å². The third kappa shape index (κ3) is 12.1. The Morgan fingerprint density at radius 3 is 1.75 bits per heavy atom. The third-order valence-corrected chi connectivity index (χ3v) is 14.8. The Balaban J connectivity index is 1.36. The van der Waals surface area contributed by atoms with Gasteiger partial charge in [-0.1, -0.05) is 16.7 Å². The average Bonchev–Trinajstić information content (AvgIpc) is 3.29. The molecule has 0 saturated heterocycles. The first-order valence-electron chi connectivity index (χ1n) is 18.0. The van der Waals surface area contributed by atoms with Gasteiger partial charge in [-0.05, 0) is 96.4 Å². The number of azo groups is 3. The summed E-state index contributed by atoms with van der Waals surface area (Å²) in [7, 11) is -19.2. The van der Waals surface area contributed by atoms with Crippen molar-refractivity contribution >= 4 is 132 Å². The van der Waals surface area contributed by atoms with Gasteiger partial charge in [0.05, 0.1) is 71.8 Å². The van der Waals surface area contributed by atoms with E-state index in [9.17, 15) is 47.9 Å². The molecule has 0 heterocycles. The van der Waals surface area contributed by atoms with Crippen LogP contribution in [0, 0.1) is 0 Å². The summed E-state index contributed by atoms with van der Waals surface area (Å²) in [5.74, 6) is -1.07. The Hall–Kier alpha value is -6.70. The van der Waals surface area contributed by atoms with E-state index >= 15 is 0 Å². The predicted molar refractivity (Wildman–Crippen MR) is 246 cm³/mol. The van der Waals surface area contributed by atoms with Crippen LogP contribution in [0.3, 0.4) is 0 Å². The van der Waals surface area contributed by atoms with Crippen LogP contribution >= 0.6 is 24.1 Å². The van der Waals surface area contributed by atoms with E-state index in [0.29, 0.717) is 40.3 Å². The average molecular weight is 1070 g/mol. The number of anilines is 4. The fourth-order valence-electron chi connectivity index (χ4n) is 5.76. The lowest BCUT2D eigenvalue weighted by molar-refractivity contribution is -0.432. The maximum atomic E-state index is 13.2. The number of nitrogens with zero attached hydrogens (tertiary/aromatic N) is 6. The highest BCUT2D eigenvalue weighted by molar-refractivity contribution is 7.97. The Morgan fingerprint density at radius 1 is 0.609 bits per heavy atom. The quantitative estimate of drug-likeness (QED) is 0.00914. The summed E-state index contributed by atoms with van der Waals surface area (Å²) in [5.41, 5.74) is 16.6. The molecule has 6 aromatic rings. The second kappa shape index (κ2) is 20.9. The number of phenols is 1. The Kier molecular flexibility index (Phi) is 15.6. The number of benzene rings is 6. The molecule has 0 saturated carbocycles. The van der Waals surface area contributed by atoms with Crippen LogP contribution in [0.5, 0.6) is 5.75 Å². The number of fused-ring (bicyclic) bond motifs is 1. The van der Waals surface area contributed by atoms with Gasteiger partial charge >= 0.3 is 0 Å². The Bertz CT molecular complexity index is 3550. The van der Waals surface area contributed by atoms with Gasteiger partial charge in [0.2, 0.25) is 9.84 Å². The van der Waals surface area contributed by atoms with Crippen molar-refractivity contribution in [1.29, 1.82) is 0 Å². The maximum absolute atomic E-state index is 13.2. The van der Waals surface area contributed by atoms with Gasteiger partial charge in [-0.25, -0.2) is 27.4 Å². The molecule has 27 nitrogen and oxygen atoms in total. The molecule has 33 heteroatoms. The van der Waals surface area contributed by atoms with Gasteiger partial charge in [0.15, 0.2) is 5.75 Å². The molecule has 0 atom stereocenters. The molecule has 0 aliphatic rings. The molecule has 69 heavy (non-hydrogen) atoms. The number of sulfonamides is 1. The maximum Gasteiger partial charge on any atom is 0.296 e. The molecule has 362 valence electrons. The lowest BCUT2D eigenvalue weighted by Crippen LogP contribution is -2.12. The minimum atomic E-state index is -5.27. The second-order valence-corrected chi connectivity index (χ2v) is 21.1. The third-order valence-electron chi connectivity index (χ3n) is 8.84. The number of sulfone groups is 1. The van der Waals surface area contributed by atoms with Gasteiger partial charge in [-0.15, -0.1) is 29.1 Å². The van der Waals surface area contributed by atoms with Crippen LogP contribution in [-0.2, 0) is 58.8 Å². The summed E-state index contributed by atoms with van der Waals surface area (Å²) in [6, 6.07) is 18.1. The number of nitrogens with one attached hydrogen (secondary N) is 1. The minimum Gasteiger partial charge on any atom is -0.505 e. The number of rotatable bonds is 19. The second-order valence-electron chi connectivity index (χ2n) is 13.3. The SMILES string of the molecule is C=CS(=O)(=O)c1cc(/N=N/c2c(SOOO)cc3cc(S(=O)(=O)O)c(/N=N/c4ccc(S(=O)(=O)Nc5ccc(/N=N/c6ccc(N)cc6N)cc5)cc4)c(O)c3c2N)c(S(=O)(=O)O)cc1SOOO. The highest BCUT2D eigenvalue weighted by Crippen LogP contribution is 2.50. The van der Waals surface area contributed by atoms with Gasteiger partial charge in [-0.3, -0.25) is 13.8 Å². The topological polar surface area (TPSA) is 439 Å². The fraction of sp³-hybridized carbons (Fsp3) is 0. The standard InChI is InChI=1S/C36H30N10O17S6/c1-2-66(50,51)30-16-26(29(68(54,55)56)17-27(30)64-62-60-48)43-44-34-28(65-63-61-49)13-18-14-31(69(57,58)59)35(36(47)32(18)33(34)39)45-41-21-8-10-23(11-9-21)67(52,53)46-22-6-4-20(5-7-22)40-42-25-12-3-19(37)15-24(25)38/h2-17,46-49H,1,37-39H2,(H,54,55,56)(H,57,58,59)/b42-40+,44-43+,45-41+. The number of nitrogens with two attached hydrogens (primary N) is 3. The molecule has 0 unspecified atom stereocenters. The van der Waals surface area contributed by atoms with Crippen molar-refractivity contribution < 1.29 is 77.1 Å². The van der Waals surface area contributed by atoms with Crippen LogP contribution in [0.4, 0.5) is 56.9 Å². The summed E-state index contributed by atoms with van der Waals surface area (Å²) in [6.07, 6.45) is 0. The molecule has 6 aromatic carbocycles. The number of aromatic hydroxyl groups is 1. The van der Waals surface area contributed by atoms with Crippen molar-refractivity contribution in [1.82, 2.24) is 0 Å². The van der Waals surface area contributed by atoms with Crippen molar-refractivity contribution in [2.45, 2.75) is 29.4 Å². The summed E-state index contributed by atoms with van der Waals surface area (Å²) in [5, 5.41) is 59.2. The molecule has 0 radical (unpaired) electrons. The highest BCUT2D eigenvalue weighted by atomic mass is 32.2. The van der Waals surface area contributed by atoms with E-state index in [2.05, 4.69) is 60.7 Å². The molecule has 12 N–H and O–H groups in total. The molecule has 0 aliphatic heterocycles. The van der Waals surface area contributed by atoms with E-state index < -0.39 is 93.6 Å². The number of hydrogen-bond donors (Lipinski definition) is 9. The molecule has 0 aliphatic carbocycles. The Morgan fingerprint density at radius 2 is 1.17 bits per heavy atom. The summed E-state index contributed by atoms with van der Waals surface area (Å²) in [6.45, 7) is 3.18. The fourth-order valence-corrected chi connectivity index (χ4v) is 10.3. The lowest BCUT2D eigenvalue weighted by atomic mass is 10.1. The largest absolute Gasteiger partial charge is 0.505 e. The molecule has 0 spiro atoms. The molecule has 0 aromatic heterocycles. The Labute approximate surface area is 397 Å². The number of hydrogen-bond acceptors (Lipinski definition) is 26. The van der Waals surface area contributed by atoms with Gasteiger partial charge < -0.3 is 22.3 Å². The van der Waals surface area contributed by atoms with E-state index in [4.69, 9.17) is 27.7 Å². The van der Waals surface area contributed by atoms with Crippen molar-refractivity contribution in [3.05, 3.63) is 103 Å². The highest BCUT2D eigenvalue weighted by Gasteiger charge is 2.28. The van der Waals surface area contributed by atoms with E-state index in [0.717, 1.165) is 24.3 Å². The van der Waals surface area contributed by atoms with Gasteiger partial charge in [-0.2, -0.15) is 27.1 Å². The summed E-state index contributed by atoms with van der Waals surface area (Å²) in [4.78, 5) is -4.01. The molecule has 6 rings (SSSR count). The number of phenolic OH excluding ortho intramolecular Hbond substituents is 1. The molecular weight excluding hydrogens is 1040 g/mol. The number of nitrogen functional groups attached to an aromatic ring is 3. The van der Waals surface area contributed by atoms with Gasteiger partial charge in [0.1, 0.15) is 32.5 Å². The summed E-state index contributed by atoms with van der Waals surface area (Å²) >= 11 is 0.147. The monoisotopic (exact) mass is 1070 g/mol. The van der Waals surface area contributed by atoms with Crippen molar-refractivity contribution in [3.8, 4) is 5.75 Å². The minimum absolute atomic E-state index is 0.00397. The molecule has 0 bridgehead atoms. The zero-order valence-electron chi connectivity index (χ0n) is 33.9. The van der Waals surface area contributed by atoms with Crippen LogP contribution < -0.4 is 21.9 Å². The van der Waals surface area contributed by atoms with Crippen LogP contribution in [0.25, 0.3) is 10.8 Å². The van der Waals surface area contributed by atoms with Gasteiger partial charge in [0, 0.05) is 16.8 Å². The normalized spacial score (nSPS) is 12.7. The van der Waals surface area contributed by atoms with Crippen molar-refractivity contribution in [3.63, 3.8) is 0 Å². The lowest BCUT2D eigenvalue weighted by Gasteiger charge is -2.14. The molecule has 0 fully saturated rings. The van der Waals surface area contributed by atoms with Crippen molar-refractivity contribution in [2.24, 2.45) is 30.7 Å². The smallest absolute Gasteiger partial charge is 0.296 e. The molecule has 0 amide bonds. The predicted octanol–water partition coefficient (Wildman–Crippen LogP) is 8.61. The first-order chi connectivity index (χ1) is 32.5. The van der Waals surface area contributed by atoms with Gasteiger partial charge in [0.25, 0.3) is 30.3 Å². The van der Waals surface area contributed by atoms with Crippen LogP contribution in [-0.4, -0.2) is 58.4 Å². The van der Waals surface area contributed by atoms with E-state index in [1.807, 2.05) is 0 Å². The van der Waals surface area contributed by atoms with Crippen molar-refractivity contribution in [2.75, 3.05) is 21.9 Å². The van der Waals surface area contributed by atoms with E-state index in [-0.39, 0.29) is 50.6 Å². The molecular formula is C36H30N10O17S6. The first-order valence-corrected chi connectivity index (χ1v) is 25.4. The van der Waals surface area contributed by atoms with Crippen LogP contribution in [0.2, 0.25) is 0 Å². The first kappa shape index (κ1) is 51.7. The zero-order chi connectivity index (χ0) is 50.5.